The van der Waals surface area contributed by atoms with Gasteiger partial charge in [0.2, 0.25) is 0 Å². The molecule has 1 aliphatic heterocycles. The summed E-state index contributed by atoms with van der Waals surface area (Å²) in [6.45, 7) is 5.66. The number of carbonyl (C=O) groups is 1. The molecule has 17 heavy (non-hydrogen) atoms. The van der Waals surface area contributed by atoms with Crippen LogP contribution in [0.4, 0.5) is 0 Å². The van der Waals surface area contributed by atoms with Crippen LogP contribution in [0.1, 0.15) is 39.9 Å². The summed E-state index contributed by atoms with van der Waals surface area (Å²) in [5.74, 6) is 0.172. The molecule has 1 saturated heterocycles. The van der Waals surface area contributed by atoms with E-state index in [1.54, 1.807) is 11.3 Å². The van der Waals surface area contributed by atoms with Crippen molar-refractivity contribution in [2.75, 3.05) is 13.1 Å². The number of nitrogens with zero attached hydrogens (tertiary/aromatic N) is 1. The molecule has 1 aliphatic rings. The lowest BCUT2D eigenvalue weighted by Gasteiger charge is -2.22. The van der Waals surface area contributed by atoms with Gasteiger partial charge < -0.3 is 10.6 Å². The SMILES string of the molecule is CCc1cc(C(=O)N2CCCC2CN)sc1C. The minimum atomic E-state index is 0.172. The van der Waals surface area contributed by atoms with Crippen LogP contribution in [-0.2, 0) is 6.42 Å². The maximum Gasteiger partial charge on any atom is 0.264 e. The van der Waals surface area contributed by atoms with Gasteiger partial charge in [-0.15, -0.1) is 11.3 Å². The van der Waals surface area contributed by atoms with Gasteiger partial charge in [0.1, 0.15) is 0 Å². The van der Waals surface area contributed by atoms with Gasteiger partial charge in [-0.25, -0.2) is 0 Å². The highest BCUT2D eigenvalue weighted by Crippen LogP contribution is 2.26. The van der Waals surface area contributed by atoms with E-state index in [9.17, 15) is 4.79 Å². The highest BCUT2D eigenvalue weighted by atomic mass is 32.1. The average Bonchev–Trinajstić information content (AvgIpc) is 2.93. The van der Waals surface area contributed by atoms with E-state index in [1.165, 1.54) is 10.4 Å². The van der Waals surface area contributed by atoms with Crippen LogP contribution < -0.4 is 5.73 Å². The van der Waals surface area contributed by atoms with E-state index in [0.29, 0.717) is 6.54 Å². The molecule has 0 saturated carbocycles. The molecule has 0 aromatic carbocycles. The predicted octanol–water partition coefficient (Wildman–Crippen LogP) is 2.18. The Morgan fingerprint density at radius 1 is 1.65 bits per heavy atom. The van der Waals surface area contributed by atoms with Crippen LogP contribution in [0.25, 0.3) is 0 Å². The monoisotopic (exact) mass is 252 g/mol. The lowest BCUT2D eigenvalue weighted by molar-refractivity contribution is 0.0746. The molecule has 1 atom stereocenters. The second-order valence-corrected chi connectivity index (χ2v) is 5.83. The summed E-state index contributed by atoms with van der Waals surface area (Å²) in [7, 11) is 0. The summed E-state index contributed by atoms with van der Waals surface area (Å²) in [4.78, 5) is 16.5. The first kappa shape index (κ1) is 12.6. The summed E-state index contributed by atoms with van der Waals surface area (Å²) in [5.41, 5.74) is 7.00. The highest BCUT2D eigenvalue weighted by Gasteiger charge is 2.29. The maximum absolute atomic E-state index is 12.4. The molecule has 2 heterocycles. The van der Waals surface area contributed by atoms with Crippen LogP contribution in [0.2, 0.25) is 0 Å². The Morgan fingerprint density at radius 3 is 3.00 bits per heavy atom. The van der Waals surface area contributed by atoms with Gasteiger partial charge in [0.25, 0.3) is 5.91 Å². The van der Waals surface area contributed by atoms with Crippen molar-refractivity contribution in [2.24, 2.45) is 5.73 Å². The number of likely N-dealkylation sites (tertiary alicyclic amines) is 1. The van der Waals surface area contributed by atoms with Gasteiger partial charge >= 0.3 is 0 Å². The summed E-state index contributed by atoms with van der Waals surface area (Å²) < 4.78 is 0. The summed E-state index contributed by atoms with van der Waals surface area (Å²) in [6, 6.07) is 2.30. The van der Waals surface area contributed by atoms with Crippen molar-refractivity contribution in [3.63, 3.8) is 0 Å². The van der Waals surface area contributed by atoms with Crippen molar-refractivity contribution in [3.8, 4) is 0 Å². The van der Waals surface area contributed by atoms with E-state index >= 15 is 0 Å². The first-order chi connectivity index (χ1) is 8.17. The van der Waals surface area contributed by atoms with E-state index < -0.39 is 0 Å². The predicted molar refractivity (Wildman–Crippen MR) is 71.5 cm³/mol. The molecule has 0 spiro atoms. The molecule has 0 radical (unpaired) electrons. The standard InChI is InChI=1S/C13H20N2OS/c1-3-10-7-12(17-9(10)2)13(16)15-6-4-5-11(15)8-14/h7,11H,3-6,8,14H2,1-2H3. The molecule has 4 heteroatoms. The normalized spacial score (nSPS) is 19.9. The fraction of sp³-hybridized carbons (Fsp3) is 0.615. The third-order valence-electron chi connectivity index (χ3n) is 3.52. The zero-order valence-electron chi connectivity index (χ0n) is 10.5. The molecule has 94 valence electrons. The Labute approximate surface area is 107 Å². The Bertz CT molecular complexity index is 414. The molecule has 0 bridgehead atoms. The quantitative estimate of drug-likeness (QED) is 0.896. The van der Waals surface area contributed by atoms with Crippen LogP contribution in [0.15, 0.2) is 6.07 Å². The summed E-state index contributed by atoms with van der Waals surface area (Å²) in [6.07, 6.45) is 3.13. The van der Waals surface area contributed by atoms with Crippen molar-refractivity contribution < 1.29 is 4.79 Å². The minimum Gasteiger partial charge on any atom is -0.334 e. The van der Waals surface area contributed by atoms with Crippen LogP contribution >= 0.6 is 11.3 Å². The molecular formula is C13H20N2OS. The Hall–Kier alpha value is -0.870. The molecule has 2 rings (SSSR count). The number of aryl methyl sites for hydroxylation is 2. The number of hydrogen-bond donors (Lipinski definition) is 1. The van der Waals surface area contributed by atoms with E-state index in [0.717, 1.165) is 30.7 Å². The zero-order valence-corrected chi connectivity index (χ0v) is 11.3. The zero-order chi connectivity index (χ0) is 12.4. The molecule has 1 fully saturated rings. The lowest BCUT2D eigenvalue weighted by Crippen LogP contribution is -2.39. The van der Waals surface area contributed by atoms with Gasteiger partial charge in [0.15, 0.2) is 0 Å². The Morgan fingerprint density at radius 2 is 2.41 bits per heavy atom. The van der Waals surface area contributed by atoms with E-state index in [-0.39, 0.29) is 11.9 Å². The van der Waals surface area contributed by atoms with Crippen molar-refractivity contribution in [3.05, 3.63) is 21.4 Å². The molecule has 2 N–H and O–H groups in total. The second kappa shape index (κ2) is 5.19. The number of nitrogens with two attached hydrogens (primary N) is 1. The first-order valence-corrected chi connectivity index (χ1v) is 7.09. The molecule has 1 amide bonds. The third-order valence-corrected chi connectivity index (χ3v) is 4.60. The number of amides is 1. The largest absolute Gasteiger partial charge is 0.334 e. The van der Waals surface area contributed by atoms with Gasteiger partial charge in [-0.3, -0.25) is 4.79 Å². The molecular weight excluding hydrogens is 232 g/mol. The summed E-state index contributed by atoms with van der Waals surface area (Å²) in [5, 5.41) is 0. The van der Waals surface area contributed by atoms with Crippen molar-refractivity contribution in [1.82, 2.24) is 4.90 Å². The number of rotatable bonds is 3. The summed E-state index contributed by atoms with van der Waals surface area (Å²) >= 11 is 1.61. The van der Waals surface area contributed by atoms with E-state index in [4.69, 9.17) is 5.73 Å². The fourth-order valence-electron chi connectivity index (χ4n) is 2.47. The highest BCUT2D eigenvalue weighted by molar-refractivity contribution is 7.14. The minimum absolute atomic E-state index is 0.172. The lowest BCUT2D eigenvalue weighted by atomic mass is 10.2. The van der Waals surface area contributed by atoms with Crippen LogP contribution in [0.3, 0.4) is 0 Å². The van der Waals surface area contributed by atoms with E-state index in [1.807, 2.05) is 11.0 Å². The van der Waals surface area contributed by atoms with Gasteiger partial charge in [0.05, 0.1) is 4.88 Å². The van der Waals surface area contributed by atoms with Gasteiger partial charge in [0, 0.05) is 24.0 Å². The first-order valence-electron chi connectivity index (χ1n) is 6.27. The maximum atomic E-state index is 12.4. The van der Waals surface area contributed by atoms with Crippen molar-refractivity contribution >= 4 is 17.2 Å². The van der Waals surface area contributed by atoms with Gasteiger partial charge in [-0.1, -0.05) is 6.92 Å². The van der Waals surface area contributed by atoms with Crippen LogP contribution in [0.5, 0.6) is 0 Å². The molecule has 3 nitrogen and oxygen atoms in total. The van der Waals surface area contributed by atoms with Gasteiger partial charge in [-0.05, 0) is 37.8 Å². The van der Waals surface area contributed by atoms with Crippen molar-refractivity contribution in [1.29, 1.82) is 0 Å². The Balaban J connectivity index is 2.18. The number of thiophene rings is 1. The molecule has 1 aromatic heterocycles. The number of carbonyl (C=O) groups excluding carboxylic acids is 1. The number of hydrogen-bond acceptors (Lipinski definition) is 3. The fourth-order valence-corrected chi connectivity index (χ4v) is 3.54. The van der Waals surface area contributed by atoms with Crippen LogP contribution in [0, 0.1) is 6.92 Å². The molecule has 0 aliphatic carbocycles. The van der Waals surface area contributed by atoms with Crippen molar-refractivity contribution in [2.45, 2.75) is 39.2 Å². The molecule has 1 unspecified atom stereocenters. The average molecular weight is 252 g/mol. The topological polar surface area (TPSA) is 46.3 Å². The molecule has 1 aromatic rings. The Kier molecular flexibility index (Phi) is 3.84. The smallest absolute Gasteiger partial charge is 0.264 e. The van der Waals surface area contributed by atoms with Gasteiger partial charge in [-0.2, -0.15) is 0 Å². The second-order valence-electron chi connectivity index (χ2n) is 4.58. The van der Waals surface area contributed by atoms with Crippen LogP contribution in [-0.4, -0.2) is 29.9 Å². The van der Waals surface area contributed by atoms with E-state index in [2.05, 4.69) is 13.8 Å². The third kappa shape index (κ3) is 2.38.